The lowest BCUT2D eigenvalue weighted by atomic mass is 9.95. The highest BCUT2D eigenvalue weighted by Gasteiger charge is 2.25. The Hall–Kier alpha value is -2.04. The Morgan fingerprint density at radius 1 is 1.18 bits per heavy atom. The molecule has 0 saturated carbocycles. The lowest BCUT2D eigenvalue weighted by Crippen LogP contribution is -2.47. The van der Waals surface area contributed by atoms with E-state index in [2.05, 4.69) is 56.1 Å². The zero-order valence-electron chi connectivity index (χ0n) is 17.9. The zero-order valence-corrected chi connectivity index (χ0v) is 17.9. The third-order valence-electron chi connectivity index (χ3n) is 5.95. The Labute approximate surface area is 169 Å². The molecule has 1 aliphatic rings. The van der Waals surface area contributed by atoms with Gasteiger partial charge in [-0.2, -0.15) is 0 Å². The minimum absolute atomic E-state index is 0.309. The molecule has 0 aliphatic carbocycles. The number of ether oxygens (including phenoxy) is 1. The Bertz CT molecular complexity index is 816. The van der Waals surface area contributed by atoms with Crippen molar-refractivity contribution in [2.75, 3.05) is 32.8 Å². The van der Waals surface area contributed by atoms with Crippen LogP contribution < -0.4 is 10.1 Å². The van der Waals surface area contributed by atoms with Gasteiger partial charge in [-0.05, 0) is 61.1 Å². The van der Waals surface area contributed by atoms with Crippen LogP contribution in [-0.4, -0.2) is 42.8 Å². The number of hydrogen-bond donors (Lipinski definition) is 2. The Balaban J connectivity index is 1.71. The van der Waals surface area contributed by atoms with Gasteiger partial charge in [0.15, 0.2) is 0 Å². The first-order chi connectivity index (χ1) is 13.4. The van der Waals surface area contributed by atoms with Gasteiger partial charge in [-0.25, -0.2) is 0 Å². The maximum atomic E-state index is 10.0. The molecule has 4 heteroatoms. The average Bonchev–Trinajstić information content (AvgIpc) is 2.67. The van der Waals surface area contributed by atoms with E-state index in [9.17, 15) is 5.11 Å². The largest absolute Gasteiger partial charge is 0.508 e. The van der Waals surface area contributed by atoms with E-state index in [0.29, 0.717) is 24.3 Å². The van der Waals surface area contributed by atoms with Gasteiger partial charge in [0, 0.05) is 37.8 Å². The standard InChI is InChI=1S/C24H34N2O2/c1-16(2)21-14-23(27)18(4)13-24(21)28-12-11-26-10-9-25-15-22(26)20-8-6-7-17(3)19(20)5/h6-8,13-14,16,22,25,27H,9-12,15H2,1-5H3. The van der Waals surface area contributed by atoms with Crippen LogP contribution in [0.15, 0.2) is 30.3 Å². The second-order valence-corrected chi connectivity index (χ2v) is 8.22. The fourth-order valence-electron chi connectivity index (χ4n) is 3.99. The van der Waals surface area contributed by atoms with Gasteiger partial charge in [-0.1, -0.05) is 32.0 Å². The fraction of sp³-hybridized carbons (Fsp3) is 0.500. The maximum absolute atomic E-state index is 10.0. The summed E-state index contributed by atoms with van der Waals surface area (Å²) in [4.78, 5) is 2.53. The van der Waals surface area contributed by atoms with Gasteiger partial charge in [0.05, 0.1) is 0 Å². The molecular formula is C24H34N2O2. The molecule has 28 heavy (non-hydrogen) atoms. The number of rotatable bonds is 6. The van der Waals surface area contributed by atoms with Crippen LogP contribution in [0.2, 0.25) is 0 Å². The molecular weight excluding hydrogens is 348 g/mol. The van der Waals surface area contributed by atoms with Crippen LogP contribution in [0, 0.1) is 20.8 Å². The van der Waals surface area contributed by atoms with Gasteiger partial charge in [-0.3, -0.25) is 4.90 Å². The van der Waals surface area contributed by atoms with Crippen molar-refractivity contribution in [3.63, 3.8) is 0 Å². The van der Waals surface area contributed by atoms with Crippen LogP contribution in [0.25, 0.3) is 0 Å². The van der Waals surface area contributed by atoms with Crippen molar-refractivity contribution in [1.82, 2.24) is 10.2 Å². The van der Waals surface area contributed by atoms with Crippen molar-refractivity contribution < 1.29 is 9.84 Å². The number of benzene rings is 2. The number of nitrogens with one attached hydrogen (secondary N) is 1. The molecule has 1 atom stereocenters. The summed E-state index contributed by atoms with van der Waals surface area (Å²) < 4.78 is 6.20. The van der Waals surface area contributed by atoms with Crippen LogP contribution in [0.1, 0.15) is 53.6 Å². The molecule has 0 radical (unpaired) electrons. The van der Waals surface area contributed by atoms with Crippen molar-refractivity contribution in [2.24, 2.45) is 0 Å². The molecule has 1 saturated heterocycles. The van der Waals surface area contributed by atoms with E-state index in [1.165, 1.54) is 16.7 Å². The Morgan fingerprint density at radius 2 is 1.96 bits per heavy atom. The second-order valence-electron chi connectivity index (χ2n) is 8.22. The lowest BCUT2D eigenvalue weighted by Gasteiger charge is -2.37. The Kier molecular flexibility index (Phi) is 6.63. The molecule has 0 spiro atoms. The number of nitrogens with zero attached hydrogens (tertiary/aromatic N) is 1. The summed E-state index contributed by atoms with van der Waals surface area (Å²) in [5.41, 5.74) is 6.07. The number of piperazine rings is 1. The van der Waals surface area contributed by atoms with Crippen LogP contribution in [-0.2, 0) is 0 Å². The number of phenols is 1. The summed E-state index contributed by atoms with van der Waals surface area (Å²) in [5.74, 6) is 1.54. The molecule has 2 N–H and O–H groups in total. The molecule has 4 nitrogen and oxygen atoms in total. The molecule has 0 amide bonds. The molecule has 2 aromatic rings. The number of hydrogen-bond acceptors (Lipinski definition) is 4. The van der Waals surface area contributed by atoms with Crippen molar-refractivity contribution in [1.29, 1.82) is 0 Å². The summed E-state index contributed by atoms with van der Waals surface area (Å²) in [6.07, 6.45) is 0. The smallest absolute Gasteiger partial charge is 0.123 e. The number of aryl methyl sites for hydroxylation is 2. The number of phenolic OH excluding ortho intramolecular Hbond substituents is 1. The van der Waals surface area contributed by atoms with Gasteiger partial charge in [-0.15, -0.1) is 0 Å². The summed E-state index contributed by atoms with van der Waals surface area (Å²) in [6.45, 7) is 15.1. The van der Waals surface area contributed by atoms with E-state index < -0.39 is 0 Å². The van der Waals surface area contributed by atoms with E-state index in [4.69, 9.17) is 4.74 Å². The van der Waals surface area contributed by atoms with Crippen LogP contribution >= 0.6 is 0 Å². The average molecular weight is 383 g/mol. The molecule has 152 valence electrons. The monoisotopic (exact) mass is 382 g/mol. The molecule has 0 aromatic heterocycles. The zero-order chi connectivity index (χ0) is 20.3. The van der Waals surface area contributed by atoms with Crippen molar-refractivity contribution in [2.45, 2.75) is 46.6 Å². The lowest BCUT2D eigenvalue weighted by molar-refractivity contribution is 0.133. The quantitative estimate of drug-likeness (QED) is 0.774. The highest BCUT2D eigenvalue weighted by Crippen LogP contribution is 2.33. The molecule has 1 fully saturated rings. The van der Waals surface area contributed by atoms with Crippen molar-refractivity contribution >= 4 is 0 Å². The summed E-state index contributed by atoms with van der Waals surface area (Å²) in [7, 11) is 0. The Morgan fingerprint density at radius 3 is 2.71 bits per heavy atom. The normalized spacial score (nSPS) is 17.9. The molecule has 1 aliphatic heterocycles. The van der Waals surface area contributed by atoms with E-state index in [1.807, 2.05) is 19.1 Å². The first-order valence-electron chi connectivity index (χ1n) is 10.4. The maximum Gasteiger partial charge on any atom is 0.123 e. The van der Waals surface area contributed by atoms with Gasteiger partial charge < -0.3 is 15.2 Å². The predicted octanol–water partition coefficient (Wildman–Crippen LogP) is 4.47. The van der Waals surface area contributed by atoms with E-state index in [0.717, 1.165) is 43.1 Å². The predicted molar refractivity (Wildman–Crippen MR) is 116 cm³/mol. The van der Waals surface area contributed by atoms with Gasteiger partial charge in [0.2, 0.25) is 0 Å². The fourth-order valence-corrected chi connectivity index (χ4v) is 3.99. The minimum atomic E-state index is 0.309. The van der Waals surface area contributed by atoms with E-state index >= 15 is 0 Å². The molecule has 2 aromatic carbocycles. The van der Waals surface area contributed by atoms with Gasteiger partial charge >= 0.3 is 0 Å². The number of aromatic hydroxyl groups is 1. The van der Waals surface area contributed by atoms with Gasteiger partial charge in [0.25, 0.3) is 0 Å². The van der Waals surface area contributed by atoms with E-state index in [-0.39, 0.29) is 0 Å². The van der Waals surface area contributed by atoms with Crippen LogP contribution in [0.3, 0.4) is 0 Å². The molecule has 3 rings (SSSR count). The molecule has 1 heterocycles. The van der Waals surface area contributed by atoms with Crippen LogP contribution in [0.4, 0.5) is 0 Å². The van der Waals surface area contributed by atoms with Crippen molar-refractivity contribution in [3.05, 3.63) is 58.1 Å². The summed E-state index contributed by atoms with van der Waals surface area (Å²) in [6, 6.07) is 10.8. The molecule has 0 bridgehead atoms. The van der Waals surface area contributed by atoms with Crippen molar-refractivity contribution in [3.8, 4) is 11.5 Å². The first-order valence-corrected chi connectivity index (χ1v) is 10.4. The summed E-state index contributed by atoms with van der Waals surface area (Å²) in [5, 5.41) is 13.6. The van der Waals surface area contributed by atoms with Crippen LogP contribution in [0.5, 0.6) is 11.5 Å². The highest BCUT2D eigenvalue weighted by molar-refractivity contribution is 5.46. The van der Waals surface area contributed by atoms with Gasteiger partial charge in [0.1, 0.15) is 18.1 Å². The third-order valence-corrected chi connectivity index (χ3v) is 5.95. The highest BCUT2D eigenvalue weighted by atomic mass is 16.5. The topological polar surface area (TPSA) is 44.7 Å². The second kappa shape index (κ2) is 8.97. The third kappa shape index (κ3) is 4.50. The molecule has 1 unspecified atom stereocenters. The summed E-state index contributed by atoms with van der Waals surface area (Å²) >= 11 is 0. The minimum Gasteiger partial charge on any atom is -0.508 e. The van der Waals surface area contributed by atoms with E-state index in [1.54, 1.807) is 0 Å². The first kappa shape index (κ1) is 20.7. The SMILES string of the molecule is Cc1cc(OCCN2CCNCC2c2cccc(C)c2C)c(C(C)C)cc1O.